The first-order chi connectivity index (χ1) is 12.8. The number of benzene rings is 1. The summed E-state index contributed by atoms with van der Waals surface area (Å²) in [6.45, 7) is 5.11. The summed E-state index contributed by atoms with van der Waals surface area (Å²) in [4.78, 5) is 13.6. The highest BCUT2D eigenvalue weighted by molar-refractivity contribution is 5.84. The van der Waals surface area contributed by atoms with E-state index in [4.69, 9.17) is 4.74 Å². The van der Waals surface area contributed by atoms with Crippen molar-refractivity contribution in [3.05, 3.63) is 53.6 Å². The number of hydrogen-bond donors (Lipinski definition) is 2. The number of fused-ring (bicyclic) bond motifs is 2. The molecule has 134 valence electrons. The van der Waals surface area contributed by atoms with E-state index in [2.05, 4.69) is 25.6 Å². The maximum atomic E-state index is 5.96. The summed E-state index contributed by atoms with van der Waals surface area (Å²) < 4.78 is 5.96. The topological polar surface area (TPSA) is 72.0 Å². The van der Waals surface area contributed by atoms with Crippen LogP contribution in [0, 0.1) is 6.92 Å². The number of pyridine rings is 1. The van der Waals surface area contributed by atoms with Crippen molar-refractivity contribution < 1.29 is 4.74 Å². The van der Waals surface area contributed by atoms with Gasteiger partial charge in [0, 0.05) is 30.1 Å². The van der Waals surface area contributed by atoms with Gasteiger partial charge in [0.15, 0.2) is 0 Å². The summed E-state index contributed by atoms with van der Waals surface area (Å²) in [5.41, 5.74) is 3.28. The van der Waals surface area contributed by atoms with Crippen molar-refractivity contribution in [1.82, 2.24) is 20.3 Å². The molecule has 0 radical (unpaired) electrons. The molecule has 0 bridgehead atoms. The molecule has 2 N–H and O–H groups in total. The number of nitrogens with zero attached hydrogens (tertiary/aromatic N) is 3. The summed E-state index contributed by atoms with van der Waals surface area (Å²) in [5, 5.41) is 7.94. The summed E-state index contributed by atoms with van der Waals surface area (Å²) >= 11 is 0. The van der Waals surface area contributed by atoms with E-state index in [1.54, 1.807) is 6.20 Å². The lowest BCUT2D eigenvalue weighted by atomic mass is 10.1. The van der Waals surface area contributed by atoms with Gasteiger partial charge in [0.25, 0.3) is 0 Å². The minimum absolute atomic E-state index is 0.547. The fourth-order valence-corrected chi connectivity index (χ4v) is 3.34. The Morgan fingerprint density at radius 3 is 2.96 bits per heavy atom. The zero-order valence-electron chi connectivity index (χ0n) is 15.0. The Hall–Kier alpha value is -2.73. The minimum atomic E-state index is 0.547. The van der Waals surface area contributed by atoms with E-state index in [0.717, 1.165) is 59.9 Å². The maximum Gasteiger partial charge on any atom is 0.145 e. The lowest BCUT2D eigenvalue weighted by molar-refractivity contribution is 0.336. The summed E-state index contributed by atoms with van der Waals surface area (Å²) in [7, 11) is 0. The third-order valence-electron chi connectivity index (χ3n) is 4.54. The third kappa shape index (κ3) is 3.60. The Kier molecular flexibility index (Phi) is 4.93. The number of hydrogen-bond acceptors (Lipinski definition) is 6. The molecule has 6 nitrogen and oxygen atoms in total. The van der Waals surface area contributed by atoms with Crippen molar-refractivity contribution >= 4 is 16.7 Å². The van der Waals surface area contributed by atoms with Crippen LogP contribution < -0.4 is 15.4 Å². The van der Waals surface area contributed by atoms with E-state index in [0.29, 0.717) is 13.2 Å². The molecule has 1 aliphatic rings. The molecule has 4 rings (SSSR count). The average molecular weight is 349 g/mol. The Labute approximate surface area is 153 Å². The molecule has 1 aromatic carbocycles. The van der Waals surface area contributed by atoms with Crippen molar-refractivity contribution in [3.8, 4) is 5.75 Å². The van der Waals surface area contributed by atoms with Crippen LogP contribution in [0.2, 0.25) is 0 Å². The van der Waals surface area contributed by atoms with Crippen LogP contribution in [0.5, 0.6) is 5.75 Å². The zero-order valence-corrected chi connectivity index (χ0v) is 15.0. The van der Waals surface area contributed by atoms with Crippen LogP contribution in [0.3, 0.4) is 0 Å². The van der Waals surface area contributed by atoms with Crippen LogP contribution in [0.15, 0.2) is 36.5 Å². The highest BCUT2D eigenvalue weighted by Crippen LogP contribution is 2.23. The lowest BCUT2D eigenvalue weighted by Gasteiger charge is -2.14. The van der Waals surface area contributed by atoms with Gasteiger partial charge in [-0.2, -0.15) is 0 Å². The lowest BCUT2D eigenvalue weighted by Crippen LogP contribution is -2.17. The van der Waals surface area contributed by atoms with Gasteiger partial charge in [-0.3, -0.25) is 4.98 Å². The van der Waals surface area contributed by atoms with Gasteiger partial charge >= 0.3 is 0 Å². The van der Waals surface area contributed by atoms with Crippen LogP contribution in [0.1, 0.15) is 17.1 Å². The van der Waals surface area contributed by atoms with Gasteiger partial charge in [0.1, 0.15) is 29.5 Å². The fraction of sp³-hybridized carbons (Fsp3) is 0.350. The van der Waals surface area contributed by atoms with Gasteiger partial charge in [0.2, 0.25) is 0 Å². The van der Waals surface area contributed by atoms with Crippen LogP contribution in [0.25, 0.3) is 10.9 Å². The van der Waals surface area contributed by atoms with Crippen molar-refractivity contribution in [2.45, 2.75) is 19.8 Å². The van der Waals surface area contributed by atoms with Gasteiger partial charge in [0.05, 0.1) is 12.2 Å². The van der Waals surface area contributed by atoms with E-state index >= 15 is 0 Å². The monoisotopic (exact) mass is 349 g/mol. The van der Waals surface area contributed by atoms with Gasteiger partial charge in [-0.15, -0.1) is 0 Å². The van der Waals surface area contributed by atoms with E-state index in [1.165, 1.54) is 5.56 Å². The number of para-hydroxylation sites is 1. The maximum absolute atomic E-state index is 5.96. The van der Waals surface area contributed by atoms with E-state index < -0.39 is 0 Å². The Morgan fingerprint density at radius 2 is 2.00 bits per heavy atom. The molecule has 26 heavy (non-hydrogen) atoms. The number of rotatable bonds is 5. The predicted molar refractivity (Wildman–Crippen MR) is 103 cm³/mol. The molecule has 0 amide bonds. The van der Waals surface area contributed by atoms with Gasteiger partial charge in [-0.1, -0.05) is 18.2 Å². The molecule has 0 atom stereocenters. The van der Waals surface area contributed by atoms with Gasteiger partial charge < -0.3 is 15.4 Å². The second-order valence-corrected chi connectivity index (χ2v) is 6.40. The predicted octanol–water partition coefficient (Wildman–Crippen LogP) is 2.51. The average Bonchev–Trinajstić information content (AvgIpc) is 2.90. The Bertz CT molecular complexity index is 907. The van der Waals surface area contributed by atoms with Crippen molar-refractivity contribution in [1.29, 1.82) is 0 Å². The number of nitrogens with one attached hydrogen (secondary N) is 2. The van der Waals surface area contributed by atoms with Crippen molar-refractivity contribution in [2.24, 2.45) is 0 Å². The van der Waals surface area contributed by atoms with Gasteiger partial charge in [-0.25, -0.2) is 9.97 Å². The highest BCUT2D eigenvalue weighted by atomic mass is 16.5. The number of aryl methyl sites for hydroxylation is 1. The molecule has 6 heteroatoms. The SMILES string of the molecule is Cc1nc2c(c(NCCOc3cccc4cccnc34)n1)CCNCC2. The number of ether oxygens (including phenoxy) is 1. The number of anilines is 1. The van der Waals surface area contributed by atoms with Gasteiger partial charge in [-0.05, 0) is 32.0 Å². The first-order valence-electron chi connectivity index (χ1n) is 9.09. The summed E-state index contributed by atoms with van der Waals surface area (Å²) in [5.74, 6) is 2.56. The van der Waals surface area contributed by atoms with Crippen LogP contribution in [-0.2, 0) is 12.8 Å². The number of aromatic nitrogens is 3. The van der Waals surface area contributed by atoms with E-state index in [1.807, 2.05) is 37.3 Å². The molecule has 0 saturated heterocycles. The molecule has 3 heterocycles. The molecule has 0 spiro atoms. The first kappa shape index (κ1) is 16.7. The van der Waals surface area contributed by atoms with Crippen LogP contribution in [0.4, 0.5) is 5.82 Å². The zero-order chi connectivity index (χ0) is 17.8. The largest absolute Gasteiger partial charge is 0.489 e. The Morgan fingerprint density at radius 1 is 1.12 bits per heavy atom. The first-order valence-corrected chi connectivity index (χ1v) is 9.09. The molecule has 1 aliphatic heterocycles. The molecular formula is C20H23N5O. The Balaban J connectivity index is 1.43. The molecule has 0 aliphatic carbocycles. The summed E-state index contributed by atoms with van der Waals surface area (Å²) in [6, 6.07) is 9.97. The smallest absolute Gasteiger partial charge is 0.145 e. The van der Waals surface area contributed by atoms with Crippen molar-refractivity contribution in [3.63, 3.8) is 0 Å². The quantitative estimate of drug-likeness (QED) is 0.690. The highest BCUT2D eigenvalue weighted by Gasteiger charge is 2.15. The van der Waals surface area contributed by atoms with E-state index in [9.17, 15) is 0 Å². The van der Waals surface area contributed by atoms with Crippen LogP contribution >= 0.6 is 0 Å². The normalized spacial score (nSPS) is 13.9. The van der Waals surface area contributed by atoms with Crippen molar-refractivity contribution in [2.75, 3.05) is 31.6 Å². The molecule has 3 aromatic rings. The summed E-state index contributed by atoms with van der Waals surface area (Å²) in [6.07, 6.45) is 3.69. The molecule has 2 aromatic heterocycles. The van der Waals surface area contributed by atoms with Crippen LogP contribution in [-0.4, -0.2) is 41.2 Å². The second-order valence-electron chi connectivity index (χ2n) is 6.40. The minimum Gasteiger partial charge on any atom is -0.489 e. The fourth-order valence-electron chi connectivity index (χ4n) is 3.34. The second kappa shape index (κ2) is 7.66. The molecule has 0 fully saturated rings. The third-order valence-corrected chi connectivity index (χ3v) is 4.54. The molecular weight excluding hydrogens is 326 g/mol. The molecule has 0 saturated carbocycles. The standard InChI is InChI=1S/C20H23N5O/c1-14-24-17-8-11-21-10-7-16(17)20(25-14)23-12-13-26-18-6-2-4-15-5-3-9-22-19(15)18/h2-6,9,21H,7-8,10-13H2,1H3,(H,23,24,25). The molecule has 0 unspecified atom stereocenters. The van der Waals surface area contributed by atoms with E-state index in [-0.39, 0.29) is 0 Å².